The largest absolute Gasteiger partial charge is 0.459 e. The molecule has 0 saturated heterocycles. The first-order chi connectivity index (χ1) is 9.39. The second-order valence-electron chi connectivity index (χ2n) is 6.79. The Morgan fingerprint density at radius 3 is 2.55 bits per heavy atom. The van der Waals surface area contributed by atoms with Gasteiger partial charge in [0.1, 0.15) is 11.3 Å². The van der Waals surface area contributed by atoms with Crippen LogP contribution in [0.5, 0.6) is 0 Å². The van der Waals surface area contributed by atoms with Gasteiger partial charge >= 0.3 is 0 Å². The summed E-state index contributed by atoms with van der Waals surface area (Å²) in [6, 6.07) is 10.5. The molecule has 1 heterocycles. The lowest BCUT2D eigenvalue weighted by Gasteiger charge is -2.29. The number of nitrogens with one attached hydrogen (secondary N) is 1. The molecule has 20 heavy (non-hydrogen) atoms. The van der Waals surface area contributed by atoms with Crippen LogP contribution >= 0.6 is 0 Å². The first-order valence-electron chi connectivity index (χ1n) is 7.23. The van der Waals surface area contributed by atoms with E-state index < -0.39 is 0 Å². The van der Waals surface area contributed by atoms with Gasteiger partial charge in [0.15, 0.2) is 0 Å². The van der Waals surface area contributed by atoms with E-state index in [0.29, 0.717) is 5.41 Å². The number of nitrogens with zero attached hydrogens (tertiary/aromatic N) is 1. The zero-order valence-corrected chi connectivity index (χ0v) is 13.2. The number of benzene rings is 1. The van der Waals surface area contributed by atoms with Gasteiger partial charge in [-0.1, -0.05) is 39.0 Å². The zero-order valence-electron chi connectivity index (χ0n) is 13.2. The molecule has 0 amide bonds. The van der Waals surface area contributed by atoms with Crippen LogP contribution in [0.15, 0.2) is 34.7 Å². The quantitative estimate of drug-likeness (QED) is 0.901. The highest BCUT2D eigenvalue weighted by Crippen LogP contribution is 2.25. The van der Waals surface area contributed by atoms with Crippen molar-refractivity contribution in [1.29, 1.82) is 0 Å². The van der Waals surface area contributed by atoms with Crippen molar-refractivity contribution in [3.8, 4) is 0 Å². The minimum atomic E-state index is 0.217. The van der Waals surface area contributed by atoms with Crippen molar-refractivity contribution in [2.75, 3.05) is 27.2 Å². The summed E-state index contributed by atoms with van der Waals surface area (Å²) in [6.45, 7) is 8.79. The van der Waals surface area contributed by atoms with E-state index >= 15 is 0 Å². The van der Waals surface area contributed by atoms with E-state index in [9.17, 15) is 0 Å². The van der Waals surface area contributed by atoms with Crippen molar-refractivity contribution in [1.82, 2.24) is 10.2 Å². The third-order valence-corrected chi connectivity index (χ3v) is 3.37. The molecule has 0 radical (unpaired) electrons. The highest BCUT2D eigenvalue weighted by molar-refractivity contribution is 5.77. The lowest BCUT2D eigenvalue weighted by Crippen LogP contribution is -2.36. The maximum absolute atomic E-state index is 5.96. The van der Waals surface area contributed by atoms with Crippen molar-refractivity contribution in [3.63, 3.8) is 0 Å². The first-order valence-corrected chi connectivity index (χ1v) is 7.23. The Morgan fingerprint density at radius 2 is 1.95 bits per heavy atom. The fourth-order valence-corrected chi connectivity index (χ4v) is 2.68. The third kappa shape index (κ3) is 3.84. The van der Waals surface area contributed by atoms with E-state index in [2.05, 4.69) is 50.2 Å². The highest BCUT2D eigenvalue weighted by Gasteiger charge is 2.19. The van der Waals surface area contributed by atoms with Gasteiger partial charge in [-0.15, -0.1) is 0 Å². The molecular weight excluding hydrogens is 248 g/mol. The number of para-hydroxylation sites is 1. The molecule has 2 rings (SSSR count). The van der Waals surface area contributed by atoms with Gasteiger partial charge in [0, 0.05) is 18.5 Å². The summed E-state index contributed by atoms with van der Waals surface area (Å²) < 4.78 is 5.96. The van der Waals surface area contributed by atoms with Gasteiger partial charge in [0.2, 0.25) is 0 Å². The van der Waals surface area contributed by atoms with E-state index in [1.165, 1.54) is 5.39 Å². The summed E-state index contributed by atoms with van der Waals surface area (Å²) in [6.07, 6.45) is 0. The standard InChI is InChI=1S/C17H26N2O/c1-17(2,3)12-19(5)11-14(18-4)16-10-13-8-6-7-9-15(13)20-16/h6-10,14,18H,11-12H2,1-5H3. The molecule has 1 aromatic heterocycles. The van der Waals surface area contributed by atoms with Gasteiger partial charge in [-0.05, 0) is 31.6 Å². The number of hydrogen-bond donors (Lipinski definition) is 1. The molecule has 1 aromatic carbocycles. The van der Waals surface area contributed by atoms with Crippen LogP contribution in [0.4, 0.5) is 0 Å². The summed E-state index contributed by atoms with van der Waals surface area (Å²) in [5, 5.41) is 4.53. The van der Waals surface area contributed by atoms with Crippen molar-refractivity contribution in [2.45, 2.75) is 26.8 Å². The Bertz CT molecular complexity index is 520. The highest BCUT2D eigenvalue weighted by atomic mass is 16.3. The Kier molecular flexibility index (Phi) is 4.51. The predicted octanol–water partition coefficient (Wildman–Crippen LogP) is 3.67. The molecule has 2 aromatic rings. The first kappa shape index (κ1) is 15.1. The summed E-state index contributed by atoms with van der Waals surface area (Å²) >= 11 is 0. The maximum Gasteiger partial charge on any atom is 0.134 e. The molecule has 1 unspecified atom stereocenters. The smallest absolute Gasteiger partial charge is 0.134 e. The van der Waals surface area contributed by atoms with Gasteiger partial charge in [-0.2, -0.15) is 0 Å². The summed E-state index contributed by atoms with van der Waals surface area (Å²) in [5.74, 6) is 1.01. The van der Waals surface area contributed by atoms with Gasteiger partial charge in [-0.25, -0.2) is 0 Å². The molecule has 1 N–H and O–H groups in total. The number of fused-ring (bicyclic) bond motifs is 1. The van der Waals surface area contributed by atoms with Crippen LogP contribution in [-0.4, -0.2) is 32.1 Å². The maximum atomic E-state index is 5.96. The Hall–Kier alpha value is -1.32. The lowest BCUT2D eigenvalue weighted by molar-refractivity contribution is 0.204. The fraction of sp³-hybridized carbons (Fsp3) is 0.529. The van der Waals surface area contributed by atoms with Crippen LogP contribution in [0.25, 0.3) is 11.0 Å². The lowest BCUT2D eigenvalue weighted by atomic mass is 9.96. The van der Waals surface area contributed by atoms with Crippen molar-refractivity contribution < 1.29 is 4.42 Å². The number of furan rings is 1. The summed E-state index contributed by atoms with van der Waals surface area (Å²) in [4.78, 5) is 2.36. The Balaban J connectivity index is 2.11. The molecule has 0 aliphatic carbocycles. The van der Waals surface area contributed by atoms with E-state index in [4.69, 9.17) is 4.42 Å². The summed E-state index contributed by atoms with van der Waals surface area (Å²) in [7, 11) is 4.15. The van der Waals surface area contributed by atoms with Crippen LogP contribution in [0.1, 0.15) is 32.6 Å². The molecule has 0 aliphatic rings. The summed E-state index contributed by atoms with van der Waals surface area (Å²) in [5.41, 5.74) is 1.27. The molecule has 0 fully saturated rings. The monoisotopic (exact) mass is 274 g/mol. The second kappa shape index (κ2) is 5.98. The Labute approximate surface area is 122 Å². The van der Waals surface area contributed by atoms with Crippen molar-refractivity contribution in [3.05, 3.63) is 36.1 Å². The van der Waals surface area contributed by atoms with E-state index in [1.54, 1.807) is 0 Å². The predicted molar refractivity (Wildman–Crippen MR) is 85.0 cm³/mol. The molecule has 3 nitrogen and oxygen atoms in total. The zero-order chi connectivity index (χ0) is 14.8. The molecule has 0 spiro atoms. The molecule has 3 heteroatoms. The molecular formula is C17H26N2O. The molecule has 0 aliphatic heterocycles. The number of hydrogen-bond acceptors (Lipinski definition) is 3. The molecule has 0 saturated carbocycles. The van der Waals surface area contributed by atoms with Crippen LogP contribution in [-0.2, 0) is 0 Å². The number of likely N-dealkylation sites (N-methyl/N-ethyl adjacent to an activating group) is 2. The van der Waals surface area contributed by atoms with Crippen molar-refractivity contribution >= 4 is 11.0 Å². The average molecular weight is 274 g/mol. The molecule has 110 valence electrons. The van der Waals surface area contributed by atoms with Crippen LogP contribution in [0.2, 0.25) is 0 Å². The van der Waals surface area contributed by atoms with E-state index in [-0.39, 0.29) is 6.04 Å². The minimum Gasteiger partial charge on any atom is -0.459 e. The van der Waals surface area contributed by atoms with Crippen LogP contribution in [0, 0.1) is 5.41 Å². The topological polar surface area (TPSA) is 28.4 Å². The molecule has 0 bridgehead atoms. The normalized spacial score (nSPS) is 14.1. The van der Waals surface area contributed by atoms with Crippen LogP contribution in [0.3, 0.4) is 0 Å². The van der Waals surface area contributed by atoms with Gasteiger partial charge in [0.05, 0.1) is 6.04 Å². The Morgan fingerprint density at radius 1 is 1.25 bits per heavy atom. The van der Waals surface area contributed by atoms with Gasteiger partial charge < -0.3 is 14.6 Å². The van der Waals surface area contributed by atoms with E-state index in [0.717, 1.165) is 24.4 Å². The fourth-order valence-electron chi connectivity index (χ4n) is 2.68. The van der Waals surface area contributed by atoms with Crippen molar-refractivity contribution in [2.24, 2.45) is 5.41 Å². The third-order valence-electron chi connectivity index (χ3n) is 3.37. The average Bonchev–Trinajstić information content (AvgIpc) is 2.77. The SMILES string of the molecule is CNC(CN(C)CC(C)(C)C)c1cc2ccccc2o1. The van der Waals surface area contributed by atoms with Crippen LogP contribution < -0.4 is 5.32 Å². The number of rotatable bonds is 5. The van der Waals surface area contributed by atoms with E-state index in [1.807, 2.05) is 25.2 Å². The van der Waals surface area contributed by atoms with Gasteiger partial charge in [0.25, 0.3) is 0 Å². The molecule has 1 atom stereocenters. The van der Waals surface area contributed by atoms with Gasteiger partial charge in [-0.3, -0.25) is 0 Å². The second-order valence-corrected chi connectivity index (χ2v) is 6.79. The minimum absolute atomic E-state index is 0.217.